The summed E-state index contributed by atoms with van der Waals surface area (Å²) in [5.41, 5.74) is -0.221. The van der Waals surface area contributed by atoms with Gasteiger partial charge < -0.3 is 9.84 Å². The van der Waals surface area contributed by atoms with Crippen molar-refractivity contribution in [3.63, 3.8) is 0 Å². The van der Waals surface area contributed by atoms with Crippen molar-refractivity contribution in [2.45, 2.75) is 32.4 Å². The van der Waals surface area contributed by atoms with Crippen molar-refractivity contribution in [3.05, 3.63) is 0 Å². The van der Waals surface area contributed by atoms with Gasteiger partial charge in [-0.3, -0.25) is 4.90 Å². The van der Waals surface area contributed by atoms with Crippen LogP contribution in [0.3, 0.4) is 0 Å². The second kappa shape index (κ2) is 2.94. The molecule has 1 amide bonds. The molecule has 1 rings (SSSR count). The van der Waals surface area contributed by atoms with Gasteiger partial charge in [0.15, 0.2) is 0 Å². The summed E-state index contributed by atoms with van der Waals surface area (Å²) in [5.74, 6) is 0. The molecule has 12 heavy (non-hydrogen) atoms. The van der Waals surface area contributed by atoms with E-state index >= 15 is 0 Å². The van der Waals surface area contributed by atoms with E-state index in [1.54, 1.807) is 4.90 Å². The van der Waals surface area contributed by atoms with Crippen molar-refractivity contribution in [2.24, 2.45) is 0 Å². The van der Waals surface area contributed by atoms with E-state index in [1.807, 2.05) is 20.8 Å². The summed E-state index contributed by atoms with van der Waals surface area (Å²) in [6.45, 7) is 6.20. The SMILES string of the molecule is CC(C)(C)N1CC(CO)OC1=O. The van der Waals surface area contributed by atoms with E-state index < -0.39 is 0 Å². The Balaban J connectivity index is 2.64. The molecule has 4 heteroatoms. The summed E-state index contributed by atoms with van der Waals surface area (Å²) in [4.78, 5) is 12.8. The van der Waals surface area contributed by atoms with Crippen LogP contribution in [-0.2, 0) is 4.74 Å². The van der Waals surface area contributed by atoms with Crippen LogP contribution in [0.15, 0.2) is 0 Å². The van der Waals surface area contributed by atoms with Gasteiger partial charge in [-0.25, -0.2) is 4.79 Å². The molecule has 1 saturated heterocycles. The minimum Gasteiger partial charge on any atom is -0.442 e. The van der Waals surface area contributed by atoms with Gasteiger partial charge in [-0.2, -0.15) is 0 Å². The summed E-state index contributed by atoms with van der Waals surface area (Å²) in [6, 6.07) is 0. The van der Waals surface area contributed by atoms with Crippen LogP contribution >= 0.6 is 0 Å². The van der Waals surface area contributed by atoms with Gasteiger partial charge >= 0.3 is 6.09 Å². The van der Waals surface area contributed by atoms with E-state index in [0.717, 1.165) is 0 Å². The zero-order valence-electron chi connectivity index (χ0n) is 7.70. The number of aliphatic hydroxyl groups is 1. The lowest BCUT2D eigenvalue weighted by Crippen LogP contribution is -2.42. The number of ether oxygens (including phenoxy) is 1. The van der Waals surface area contributed by atoms with Gasteiger partial charge in [0.2, 0.25) is 0 Å². The molecule has 1 aliphatic rings. The quantitative estimate of drug-likeness (QED) is 0.631. The fraction of sp³-hybridized carbons (Fsp3) is 0.875. The molecule has 0 radical (unpaired) electrons. The van der Waals surface area contributed by atoms with Gasteiger partial charge in [0.25, 0.3) is 0 Å². The minimum atomic E-state index is -0.350. The molecule has 1 heterocycles. The highest BCUT2D eigenvalue weighted by Gasteiger charge is 2.37. The number of carbonyl (C=O) groups is 1. The number of hydrogen-bond acceptors (Lipinski definition) is 3. The zero-order valence-corrected chi connectivity index (χ0v) is 7.70. The average molecular weight is 173 g/mol. The summed E-state index contributed by atoms with van der Waals surface area (Å²) >= 11 is 0. The molecule has 0 aromatic heterocycles. The normalized spacial score (nSPS) is 24.5. The molecule has 0 saturated carbocycles. The number of nitrogens with zero attached hydrogens (tertiary/aromatic N) is 1. The van der Waals surface area contributed by atoms with Gasteiger partial charge in [0.1, 0.15) is 6.10 Å². The first-order valence-electron chi connectivity index (χ1n) is 4.04. The maximum Gasteiger partial charge on any atom is 0.410 e. The Labute approximate surface area is 72.1 Å². The van der Waals surface area contributed by atoms with Gasteiger partial charge in [-0.15, -0.1) is 0 Å². The molecule has 0 spiro atoms. The second-order valence-corrected chi connectivity index (χ2v) is 3.97. The number of rotatable bonds is 1. The van der Waals surface area contributed by atoms with Crippen LogP contribution in [0.4, 0.5) is 4.79 Å². The Morgan fingerprint density at radius 2 is 2.25 bits per heavy atom. The smallest absolute Gasteiger partial charge is 0.410 e. The minimum absolute atomic E-state index is 0.0989. The maximum absolute atomic E-state index is 11.2. The summed E-state index contributed by atoms with van der Waals surface area (Å²) < 4.78 is 4.89. The van der Waals surface area contributed by atoms with Gasteiger partial charge in [-0.1, -0.05) is 0 Å². The van der Waals surface area contributed by atoms with E-state index in [-0.39, 0.29) is 24.3 Å². The topological polar surface area (TPSA) is 49.8 Å². The monoisotopic (exact) mass is 173 g/mol. The lowest BCUT2D eigenvalue weighted by Gasteiger charge is -2.29. The molecule has 70 valence electrons. The molecule has 0 aliphatic carbocycles. The predicted octanol–water partition coefficient (Wildman–Crippen LogP) is 0.598. The van der Waals surface area contributed by atoms with Crippen molar-refractivity contribution in [2.75, 3.05) is 13.2 Å². The fourth-order valence-electron chi connectivity index (χ4n) is 1.16. The number of hydrogen-bond donors (Lipinski definition) is 1. The number of cyclic esters (lactones) is 1. The highest BCUT2D eigenvalue weighted by Crippen LogP contribution is 2.21. The molecular weight excluding hydrogens is 158 g/mol. The van der Waals surface area contributed by atoms with Crippen LogP contribution in [0.1, 0.15) is 20.8 Å². The van der Waals surface area contributed by atoms with Gasteiger partial charge in [0.05, 0.1) is 13.2 Å². The first kappa shape index (κ1) is 9.32. The molecule has 0 aromatic carbocycles. The maximum atomic E-state index is 11.2. The highest BCUT2D eigenvalue weighted by atomic mass is 16.6. The van der Waals surface area contributed by atoms with Crippen molar-refractivity contribution in [1.82, 2.24) is 4.90 Å². The Hall–Kier alpha value is -0.770. The third kappa shape index (κ3) is 1.69. The van der Waals surface area contributed by atoms with Crippen LogP contribution in [0.25, 0.3) is 0 Å². The molecule has 0 aromatic rings. The Kier molecular flexibility index (Phi) is 2.28. The molecule has 1 aliphatic heterocycles. The van der Waals surface area contributed by atoms with Gasteiger partial charge in [-0.05, 0) is 20.8 Å². The third-order valence-corrected chi connectivity index (χ3v) is 1.89. The van der Waals surface area contributed by atoms with Gasteiger partial charge in [0, 0.05) is 5.54 Å². The van der Waals surface area contributed by atoms with Crippen molar-refractivity contribution >= 4 is 6.09 Å². The standard InChI is InChI=1S/C8H15NO3/c1-8(2,3)9-4-6(5-10)12-7(9)11/h6,10H,4-5H2,1-3H3. The van der Waals surface area contributed by atoms with Crippen molar-refractivity contribution in [3.8, 4) is 0 Å². The van der Waals surface area contributed by atoms with E-state index in [0.29, 0.717) is 6.54 Å². The first-order valence-corrected chi connectivity index (χ1v) is 4.04. The Bertz CT molecular complexity index is 185. The van der Waals surface area contributed by atoms with E-state index in [9.17, 15) is 4.79 Å². The molecule has 1 unspecified atom stereocenters. The number of aliphatic hydroxyl groups excluding tert-OH is 1. The van der Waals surface area contributed by atoms with E-state index in [2.05, 4.69) is 0 Å². The van der Waals surface area contributed by atoms with Crippen LogP contribution in [0.2, 0.25) is 0 Å². The van der Waals surface area contributed by atoms with E-state index in [4.69, 9.17) is 9.84 Å². The fourth-order valence-corrected chi connectivity index (χ4v) is 1.16. The van der Waals surface area contributed by atoms with Crippen molar-refractivity contribution in [1.29, 1.82) is 0 Å². The lowest BCUT2D eigenvalue weighted by molar-refractivity contribution is 0.0927. The van der Waals surface area contributed by atoms with Crippen LogP contribution in [-0.4, -0.2) is 40.9 Å². The summed E-state index contributed by atoms with van der Waals surface area (Å²) in [7, 11) is 0. The molecular formula is C8H15NO3. The number of amides is 1. The Morgan fingerprint density at radius 1 is 1.67 bits per heavy atom. The third-order valence-electron chi connectivity index (χ3n) is 1.89. The van der Waals surface area contributed by atoms with Crippen molar-refractivity contribution < 1.29 is 14.6 Å². The molecule has 1 fully saturated rings. The lowest BCUT2D eigenvalue weighted by atomic mass is 10.1. The summed E-state index contributed by atoms with van der Waals surface area (Å²) in [6.07, 6.45) is -0.682. The molecule has 0 bridgehead atoms. The highest BCUT2D eigenvalue weighted by molar-refractivity contribution is 5.70. The van der Waals surface area contributed by atoms with Crippen LogP contribution in [0.5, 0.6) is 0 Å². The summed E-state index contributed by atoms with van der Waals surface area (Å²) in [5, 5.41) is 8.76. The molecule has 1 atom stereocenters. The Morgan fingerprint density at radius 3 is 2.50 bits per heavy atom. The van der Waals surface area contributed by atoms with Crippen LogP contribution < -0.4 is 0 Å². The zero-order chi connectivity index (χ0) is 9.35. The molecule has 4 nitrogen and oxygen atoms in total. The van der Waals surface area contributed by atoms with Crippen LogP contribution in [0, 0.1) is 0 Å². The second-order valence-electron chi connectivity index (χ2n) is 3.97. The average Bonchev–Trinajstić information content (AvgIpc) is 2.29. The molecule has 1 N–H and O–H groups in total. The predicted molar refractivity (Wildman–Crippen MR) is 43.8 cm³/mol. The number of carbonyl (C=O) groups excluding carboxylic acids is 1. The largest absolute Gasteiger partial charge is 0.442 e. The first-order chi connectivity index (χ1) is 5.45. The van der Waals surface area contributed by atoms with E-state index in [1.165, 1.54) is 0 Å².